The molecule has 5 heteroatoms. The maximum atomic E-state index is 12.7. The van der Waals surface area contributed by atoms with Gasteiger partial charge in [0.15, 0.2) is 0 Å². The lowest BCUT2D eigenvalue weighted by Crippen LogP contribution is -2.27. The van der Waals surface area contributed by atoms with Crippen molar-refractivity contribution in [2.75, 3.05) is 26.2 Å². The molecule has 0 rings (SSSR count). The van der Waals surface area contributed by atoms with E-state index in [0.717, 1.165) is 71.0 Å². The van der Waals surface area contributed by atoms with Crippen molar-refractivity contribution in [3.63, 3.8) is 0 Å². The highest BCUT2D eigenvalue weighted by Crippen LogP contribution is 2.18. The molecule has 0 aliphatic rings. The number of carbonyl (C=O) groups excluding carboxylic acids is 2. The van der Waals surface area contributed by atoms with Crippen LogP contribution in [-0.2, 0) is 19.1 Å². The van der Waals surface area contributed by atoms with Crippen LogP contribution in [0.5, 0.6) is 0 Å². The Labute approximate surface area is 300 Å². The summed E-state index contributed by atoms with van der Waals surface area (Å²) in [4.78, 5) is 27.3. The zero-order chi connectivity index (χ0) is 35.2. The Bertz CT molecular complexity index is 653. The molecule has 0 aromatic heterocycles. The molecule has 5 nitrogen and oxygen atoms in total. The second-order valence-corrected chi connectivity index (χ2v) is 14.7. The van der Waals surface area contributed by atoms with Crippen LogP contribution in [0.2, 0.25) is 0 Å². The standard InChI is InChI=1S/C43H85NO4/c1-5-9-12-15-18-24-32-40-47-42(45)35-28-22-19-23-30-38-44(37-8-4)39-31-25-29-36-43(46)48-41(33-26-20-16-13-10-6-2)34-27-21-17-14-11-7-3/h41H,5-40H2,1-4H3. The fourth-order valence-electron chi connectivity index (χ4n) is 6.70. The maximum absolute atomic E-state index is 12.7. The maximum Gasteiger partial charge on any atom is 0.306 e. The van der Waals surface area contributed by atoms with Crippen molar-refractivity contribution in [3.8, 4) is 0 Å². The average molecular weight is 680 g/mol. The molecule has 0 N–H and O–H groups in total. The molecule has 0 saturated carbocycles. The first-order valence-electron chi connectivity index (χ1n) is 21.6. The number of carbonyl (C=O) groups is 2. The molecule has 0 spiro atoms. The summed E-state index contributed by atoms with van der Waals surface area (Å²) in [7, 11) is 0. The first kappa shape index (κ1) is 46.9. The van der Waals surface area contributed by atoms with Crippen molar-refractivity contribution >= 4 is 11.9 Å². The quantitative estimate of drug-likeness (QED) is 0.0478. The van der Waals surface area contributed by atoms with Gasteiger partial charge in [-0.1, -0.05) is 156 Å². The van der Waals surface area contributed by atoms with Crippen molar-refractivity contribution < 1.29 is 19.1 Å². The molecule has 0 amide bonds. The zero-order valence-electron chi connectivity index (χ0n) is 33.1. The molecule has 0 aliphatic carbocycles. The van der Waals surface area contributed by atoms with E-state index in [1.54, 1.807) is 0 Å². The Balaban J connectivity index is 4.01. The number of hydrogen-bond donors (Lipinski definition) is 0. The van der Waals surface area contributed by atoms with Gasteiger partial charge in [-0.25, -0.2) is 0 Å². The summed E-state index contributed by atoms with van der Waals surface area (Å²) in [5.41, 5.74) is 0. The number of ether oxygens (including phenoxy) is 2. The van der Waals surface area contributed by atoms with E-state index in [0.29, 0.717) is 19.4 Å². The van der Waals surface area contributed by atoms with Gasteiger partial charge in [0.05, 0.1) is 6.61 Å². The fourth-order valence-corrected chi connectivity index (χ4v) is 6.70. The second kappa shape index (κ2) is 38.7. The number of unbranched alkanes of at least 4 members (excludes halogenated alkanes) is 22. The van der Waals surface area contributed by atoms with E-state index in [4.69, 9.17) is 9.47 Å². The smallest absolute Gasteiger partial charge is 0.306 e. The van der Waals surface area contributed by atoms with Gasteiger partial charge in [0.1, 0.15) is 6.10 Å². The van der Waals surface area contributed by atoms with Crippen molar-refractivity contribution in [2.24, 2.45) is 0 Å². The van der Waals surface area contributed by atoms with Crippen LogP contribution in [0.15, 0.2) is 0 Å². The first-order chi connectivity index (χ1) is 23.6. The van der Waals surface area contributed by atoms with Crippen LogP contribution in [0.4, 0.5) is 0 Å². The normalized spacial score (nSPS) is 11.5. The number of hydrogen-bond acceptors (Lipinski definition) is 5. The Morgan fingerprint density at radius 2 is 0.812 bits per heavy atom. The summed E-state index contributed by atoms with van der Waals surface area (Å²) in [6.45, 7) is 13.1. The van der Waals surface area contributed by atoms with Gasteiger partial charge < -0.3 is 14.4 Å². The lowest BCUT2D eigenvalue weighted by molar-refractivity contribution is -0.150. The van der Waals surface area contributed by atoms with Gasteiger partial charge in [-0.15, -0.1) is 0 Å². The molecule has 0 saturated heterocycles. The molecule has 0 heterocycles. The van der Waals surface area contributed by atoms with E-state index in [1.165, 1.54) is 141 Å². The molecule has 48 heavy (non-hydrogen) atoms. The van der Waals surface area contributed by atoms with Gasteiger partial charge >= 0.3 is 11.9 Å². The minimum atomic E-state index is -0.00971. The summed E-state index contributed by atoms with van der Waals surface area (Å²) in [6.07, 6.45) is 37.7. The lowest BCUT2D eigenvalue weighted by Gasteiger charge is -2.21. The van der Waals surface area contributed by atoms with Gasteiger partial charge in [0.25, 0.3) is 0 Å². The molecule has 0 aliphatic heterocycles. The monoisotopic (exact) mass is 680 g/mol. The van der Waals surface area contributed by atoms with E-state index in [1.807, 2.05) is 0 Å². The SMILES string of the molecule is CCCCCCCCCOC(=O)CCCCCCCN(CCC)CCCCCC(=O)OC(CCCCCCCC)CCCCCCCC. The van der Waals surface area contributed by atoms with Crippen LogP contribution in [0.3, 0.4) is 0 Å². The van der Waals surface area contributed by atoms with Crippen LogP contribution < -0.4 is 0 Å². The number of rotatable bonds is 39. The van der Waals surface area contributed by atoms with Gasteiger partial charge in [-0.05, 0) is 83.8 Å². The summed E-state index contributed by atoms with van der Waals surface area (Å²) < 4.78 is 11.5. The predicted molar refractivity (Wildman–Crippen MR) is 208 cm³/mol. The molecular weight excluding hydrogens is 594 g/mol. The second-order valence-electron chi connectivity index (χ2n) is 14.7. The van der Waals surface area contributed by atoms with E-state index < -0.39 is 0 Å². The Hall–Kier alpha value is -1.10. The van der Waals surface area contributed by atoms with Gasteiger partial charge in [0, 0.05) is 12.8 Å². The van der Waals surface area contributed by atoms with E-state index >= 15 is 0 Å². The van der Waals surface area contributed by atoms with Crippen molar-refractivity contribution in [1.29, 1.82) is 0 Å². The minimum Gasteiger partial charge on any atom is -0.466 e. The van der Waals surface area contributed by atoms with Crippen LogP contribution in [0.25, 0.3) is 0 Å². The van der Waals surface area contributed by atoms with Crippen molar-refractivity contribution in [1.82, 2.24) is 4.90 Å². The molecule has 0 radical (unpaired) electrons. The lowest BCUT2D eigenvalue weighted by atomic mass is 10.0. The molecule has 0 atom stereocenters. The summed E-state index contributed by atoms with van der Waals surface area (Å²) >= 11 is 0. The van der Waals surface area contributed by atoms with Gasteiger partial charge in [0.2, 0.25) is 0 Å². The predicted octanol–water partition coefficient (Wildman–Crippen LogP) is 13.3. The topological polar surface area (TPSA) is 55.8 Å². The molecule has 0 bridgehead atoms. The van der Waals surface area contributed by atoms with Gasteiger partial charge in [-0.2, -0.15) is 0 Å². The molecule has 0 unspecified atom stereocenters. The molecule has 286 valence electrons. The zero-order valence-corrected chi connectivity index (χ0v) is 33.1. The summed E-state index contributed by atoms with van der Waals surface area (Å²) in [6, 6.07) is 0. The Kier molecular flexibility index (Phi) is 37.8. The highest BCUT2D eigenvalue weighted by molar-refractivity contribution is 5.69. The summed E-state index contributed by atoms with van der Waals surface area (Å²) in [5.74, 6) is 0.0216. The molecule has 0 aromatic rings. The van der Waals surface area contributed by atoms with E-state index in [2.05, 4.69) is 32.6 Å². The van der Waals surface area contributed by atoms with Gasteiger partial charge in [-0.3, -0.25) is 9.59 Å². The van der Waals surface area contributed by atoms with Crippen LogP contribution in [0, 0.1) is 0 Å². The Morgan fingerprint density at radius 1 is 0.417 bits per heavy atom. The third kappa shape index (κ3) is 34.8. The minimum absolute atomic E-state index is 0.00971. The van der Waals surface area contributed by atoms with E-state index in [9.17, 15) is 9.59 Å². The average Bonchev–Trinajstić information content (AvgIpc) is 3.08. The molecular formula is C43H85NO4. The Morgan fingerprint density at radius 3 is 1.31 bits per heavy atom. The van der Waals surface area contributed by atoms with Crippen LogP contribution >= 0.6 is 0 Å². The van der Waals surface area contributed by atoms with Crippen LogP contribution in [-0.4, -0.2) is 49.2 Å². The third-order valence-corrected chi connectivity index (χ3v) is 9.82. The number of esters is 2. The number of nitrogens with zero attached hydrogens (tertiary/aromatic N) is 1. The highest BCUT2D eigenvalue weighted by Gasteiger charge is 2.14. The summed E-state index contributed by atoms with van der Waals surface area (Å²) in [5, 5.41) is 0. The highest BCUT2D eigenvalue weighted by atomic mass is 16.5. The van der Waals surface area contributed by atoms with Crippen molar-refractivity contribution in [2.45, 2.75) is 239 Å². The first-order valence-corrected chi connectivity index (χ1v) is 21.6. The van der Waals surface area contributed by atoms with E-state index in [-0.39, 0.29) is 18.0 Å². The fraction of sp³-hybridized carbons (Fsp3) is 0.953. The molecule has 0 fully saturated rings. The third-order valence-electron chi connectivity index (χ3n) is 9.82. The largest absolute Gasteiger partial charge is 0.466 e. The van der Waals surface area contributed by atoms with Crippen LogP contribution in [0.1, 0.15) is 233 Å². The molecule has 0 aromatic carbocycles. The van der Waals surface area contributed by atoms with Crippen molar-refractivity contribution in [3.05, 3.63) is 0 Å².